The molecule has 0 bridgehead atoms. The minimum atomic E-state index is -0.850. The molecule has 1 unspecified atom stereocenters. The van der Waals surface area contributed by atoms with Crippen molar-refractivity contribution in [2.45, 2.75) is 32.2 Å². The van der Waals surface area contributed by atoms with Crippen molar-refractivity contribution in [3.8, 4) is 0 Å². The maximum Gasteiger partial charge on any atom is 0.303 e. The lowest BCUT2D eigenvalue weighted by atomic mass is 10.1. The first kappa shape index (κ1) is 12.0. The number of rotatable bonds is 4. The molecule has 1 aliphatic rings. The molecule has 1 atom stereocenters. The zero-order valence-electron chi connectivity index (χ0n) is 9.03. The molecule has 0 aromatic rings. The topological polar surface area (TPSA) is 69.6 Å². The van der Waals surface area contributed by atoms with E-state index >= 15 is 0 Å². The molecule has 1 aliphatic heterocycles. The summed E-state index contributed by atoms with van der Waals surface area (Å²) in [5.41, 5.74) is 0. The van der Waals surface area contributed by atoms with Crippen molar-refractivity contribution in [1.82, 2.24) is 10.2 Å². The van der Waals surface area contributed by atoms with Crippen LogP contribution in [0.5, 0.6) is 0 Å². The normalized spacial score (nSPS) is 22.6. The number of amides is 1. The minimum absolute atomic E-state index is 0.0382. The summed E-state index contributed by atoms with van der Waals surface area (Å²) in [6.45, 7) is 4.19. The van der Waals surface area contributed by atoms with Crippen molar-refractivity contribution in [1.29, 1.82) is 0 Å². The third-order valence-electron chi connectivity index (χ3n) is 2.63. The lowest BCUT2D eigenvalue weighted by molar-refractivity contribution is -0.137. The van der Waals surface area contributed by atoms with Crippen LogP contribution >= 0.6 is 0 Å². The second-order valence-corrected chi connectivity index (χ2v) is 3.71. The van der Waals surface area contributed by atoms with Crippen molar-refractivity contribution in [3.63, 3.8) is 0 Å². The first-order valence-electron chi connectivity index (χ1n) is 5.39. The minimum Gasteiger partial charge on any atom is -0.481 e. The lowest BCUT2D eigenvalue weighted by Gasteiger charge is -2.22. The Morgan fingerprint density at radius 2 is 2.40 bits per heavy atom. The predicted molar refractivity (Wildman–Crippen MR) is 55.5 cm³/mol. The molecule has 2 N–H and O–H groups in total. The monoisotopic (exact) mass is 214 g/mol. The smallest absolute Gasteiger partial charge is 0.303 e. The van der Waals surface area contributed by atoms with Gasteiger partial charge in [0, 0.05) is 19.5 Å². The number of carbonyl (C=O) groups excluding carboxylic acids is 1. The molecule has 5 heteroatoms. The van der Waals surface area contributed by atoms with Gasteiger partial charge < -0.3 is 15.3 Å². The number of carboxylic acid groups (broad SMARTS) is 1. The molecule has 5 nitrogen and oxygen atoms in total. The summed E-state index contributed by atoms with van der Waals surface area (Å²) in [5.74, 6) is -0.812. The molecule has 15 heavy (non-hydrogen) atoms. The van der Waals surface area contributed by atoms with Gasteiger partial charge in [-0.3, -0.25) is 9.59 Å². The average Bonchev–Trinajstić information content (AvgIpc) is 2.37. The van der Waals surface area contributed by atoms with E-state index in [-0.39, 0.29) is 18.4 Å². The van der Waals surface area contributed by atoms with Crippen LogP contribution in [-0.4, -0.2) is 47.6 Å². The molecule has 1 fully saturated rings. The van der Waals surface area contributed by atoms with Gasteiger partial charge in [-0.05, 0) is 26.3 Å². The third kappa shape index (κ3) is 3.51. The van der Waals surface area contributed by atoms with Gasteiger partial charge in [0.15, 0.2) is 0 Å². The number of carbonyl (C=O) groups is 2. The van der Waals surface area contributed by atoms with Crippen LogP contribution in [0.25, 0.3) is 0 Å². The van der Waals surface area contributed by atoms with E-state index in [1.165, 1.54) is 0 Å². The Bertz CT molecular complexity index is 243. The maximum atomic E-state index is 11.9. The quantitative estimate of drug-likeness (QED) is 0.694. The van der Waals surface area contributed by atoms with Crippen LogP contribution in [-0.2, 0) is 9.59 Å². The zero-order chi connectivity index (χ0) is 11.3. The van der Waals surface area contributed by atoms with Gasteiger partial charge in [0.05, 0.1) is 6.04 Å². The highest BCUT2D eigenvalue weighted by Crippen LogP contribution is 2.07. The first-order chi connectivity index (χ1) is 7.15. The molecule has 0 radical (unpaired) electrons. The highest BCUT2D eigenvalue weighted by Gasteiger charge is 2.25. The molecule has 0 spiro atoms. The standard InChI is InChI=1S/C10H18N2O3/c1-2-12-7-3-6-11-8(10(12)15)4-5-9(13)14/h8,11H,2-7H2,1H3,(H,13,14). The number of nitrogens with zero attached hydrogens (tertiary/aromatic N) is 1. The van der Waals surface area contributed by atoms with Crippen LogP contribution in [0.2, 0.25) is 0 Å². The Hall–Kier alpha value is -1.10. The molecule has 0 saturated carbocycles. The second kappa shape index (κ2) is 5.70. The van der Waals surface area contributed by atoms with E-state index in [1.807, 2.05) is 6.92 Å². The van der Waals surface area contributed by atoms with E-state index in [9.17, 15) is 9.59 Å². The van der Waals surface area contributed by atoms with Crippen molar-refractivity contribution >= 4 is 11.9 Å². The van der Waals surface area contributed by atoms with Crippen molar-refractivity contribution < 1.29 is 14.7 Å². The van der Waals surface area contributed by atoms with Crippen LogP contribution < -0.4 is 5.32 Å². The van der Waals surface area contributed by atoms with E-state index in [2.05, 4.69) is 5.32 Å². The summed E-state index contributed by atoms with van der Waals surface area (Å²) in [7, 11) is 0. The van der Waals surface area contributed by atoms with Crippen LogP contribution in [0.3, 0.4) is 0 Å². The van der Waals surface area contributed by atoms with Crippen LogP contribution in [0.4, 0.5) is 0 Å². The fourth-order valence-corrected chi connectivity index (χ4v) is 1.77. The van der Waals surface area contributed by atoms with E-state index < -0.39 is 5.97 Å². The Morgan fingerprint density at radius 1 is 1.67 bits per heavy atom. The molecule has 0 aromatic heterocycles. The summed E-state index contributed by atoms with van der Waals surface area (Å²) in [6, 6.07) is -0.316. The Balaban J connectivity index is 2.52. The van der Waals surface area contributed by atoms with Gasteiger partial charge in [0.1, 0.15) is 0 Å². The third-order valence-corrected chi connectivity index (χ3v) is 2.63. The number of carboxylic acids is 1. The summed E-state index contributed by atoms with van der Waals surface area (Å²) >= 11 is 0. The molecule has 1 rings (SSSR count). The maximum absolute atomic E-state index is 11.9. The van der Waals surface area contributed by atoms with E-state index in [0.29, 0.717) is 13.0 Å². The predicted octanol–water partition coefficient (Wildman–Crippen LogP) is 0.0616. The van der Waals surface area contributed by atoms with Gasteiger partial charge in [-0.15, -0.1) is 0 Å². The van der Waals surface area contributed by atoms with Crippen molar-refractivity contribution in [2.24, 2.45) is 0 Å². The Kier molecular flexibility index (Phi) is 4.55. The summed E-state index contributed by atoms with van der Waals surface area (Å²) < 4.78 is 0. The second-order valence-electron chi connectivity index (χ2n) is 3.71. The Morgan fingerprint density at radius 3 is 3.00 bits per heavy atom. The number of likely N-dealkylation sites (N-methyl/N-ethyl adjacent to an activating group) is 1. The summed E-state index contributed by atoms with van der Waals surface area (Å²) in [5, 5.41) is 11.7. The van der Waals surface area contributed by atoms with E-state index in [4.69, 9.17) is 5.11 Å². The largest absolute Gasteiger partial charge is 0.481 e. The van der Waals surface area contributed by atoms with Crippen LogP contribution in [0, 0.1) is 0 Å². The highest BCUT2D eigenvalue weighted by atomic mass is 16.4. The lowest BCUT2D eigenvalue weighted by Crippen LogP contribution is -2.43. The molecular weight excluding hydrogens is 196 g/mol. The van der Waals surface area contributed by atoms with Crippen LogP contribution in [0.15, 0.2) is 0 Å². The van der Waals surface area contributed by atoms with Crippen LogP contribution in [0.1, 0.15) is 26.2 Å². The van der Waals surface area contributed by atoms with Gasteiger partial charge in [0.2, 0.25) is 5.91 Å². The van der Waals surface area contributed by atoms with Gasteiger partial charge in [-0.2, -0.15) is 0 Å². The molecule has 1 heterocycles. The highest BCUT2D eigenvalue weighted by molar-refractivity contribution is 5.82. The van der Waals surface area contributed by atoms with Gasteiger partial charge in [-0.25, -0.2) is 0 Å². The van der Waals surface area contributed by atoms with Crippen molar-refractivity contribution in [2.75, 3.05) is 19.6 Å². The molecule has 86 valence electrons. The van der Waals surface area contributed by atoms with Gasteiger partial charge in [-0.1, -0.05) is 0 Å². The number of aliphatic carboxylic acids is 1. The van der Waals surface area contributed by atoms with Gasteiger partial charge in [0.25, 0.3) is 0 Å². The fraction of sp³-hybridized carbons (Fsp3) is 0.800. The first-order valence-corrected chi connectivity index (χ1v) is 5.39. The molecule has 1 amide bonds. The molecule has 1 saturated heterocycles. The average molecular weight is 214 g/mol. The fourth-order valence-electron chi connectivity index (χ4n) is 1.77. The van der Waals surface area contributed by atoms with E-state index in [0.717, 1.165) is 19.5 Å². The zero-order valence-corrected chi connectivity index (χ0v) is 9.03. The number of hydrogen-bond acceptors (Lipinski definition) is 3. The van der Waals surface area contributed by atoms with Crippen molar-refractivity contribution in [3.05, 3.63) is 0 Å². The Labute approximate surface area is 89.4 Å². The number of nitrogens with one attached hydrogen (secondary N) is 1. The van der Waals surface area contributed by atoms with Gasteiger partial charge >= 0.3 is 5.97 Å². The summed E-state index contributed by atoms with van der Waals surface area (Å²) in [6.07, 6.45) is 1.36. The molecular formula is C10H18N2O3. The van der Waals surface area contributed by atoms with E-state index in [1.54, 1.807) is 4.90 Å². The summed E-state index contributed by atoms with van der Waals surface area (Å²) in [4.78, 5) is 24.1. The molecule has 0 aliphatic carbocycles. The molecule has 0 aromatic carbocycles. The SMILES string of the molecule is CCN1CCCNC(CCC(=O)O)C1=O. The number of hydrogen-bond donors (Lipinski definition) is 2.